The summed E-state index contributed by atoms with van der Waals surface area (Å²) >= 11 is 0. The summed E-state index contributed by atoms with van der Waals surface area (Å²) in [7, 11) is 4.69. The third-order valence-corrected chi connectivity index (χ3v) is 2.57. The molecule has 2 rings (SSSR count). The minimum absolute atomic E-state index is 0.319. The average molecular weight is 250 g/mol. The summed E-state index contributed by atoms with van der Waals surface area (Å²) in [4.78, 5) is 11.8. The largest absolute Gasteiger partial charge is 0.496 e. The van der Waals surface area contributed by atoms with E-state index >= 15 is 0 Å². The van der Waals surface area contributed by atoms with Crippen molar-refractivity contribution in [2.45, 2.75) is 6.61 Å². The molecule has 0 aliphatic heterocycles. The van der Waals surface area contributed by atoms with Crippen LogP contribution in [0.3, 0.4) is 0 Å². The highest BCUT2D eigenvalue weighted by Gasteiger charge is 2.14. The number of nitrogens with zero attached hydrogens (tertiary/aromatic N) is 4. The Morgan fingerprint density at radius 2 is 2.06 bits per heavy atom. The Balaban J connectivity index is 2.63. The maximum atomic E-state index is 11.8. The summed E-state index contributed by atoms with van der Waals surface area (Å²) in [6.45, 7) is 0.322. The number of ether oxygens (including phenoxy) is 2. The second-order valence-corrected chi connectivity index (χ2v) is 3.69. The van der Waals surface area contributed by atoms with E-state index < -0.39 is 0 Å². The topological polar surface area (TPSA) is 71.2 Å². The van der Waals surface area contributed by atoms with Gasteiger partial charge < -0.3 is 9.47 Å². The molecule has 96 valence electrons. The summed E-state index contributed by atoms with van der Waals surface area (Å²) in [5, 5.41) is 7.49. The quantitative estimate of drug-likeness (QED) is 0.770. The van der Waals surface area contributed by atoms with E-state index in [2.05, 4.69) is 10.4 Å². The van der Waals surface area contributed by atoms with Crippen molar-refractivity contribution in [2.75, 3.05) is 14.2 Å². The Hall–Kier alpha value is -2.15. The molecule has 1 aromatic heterocycles. The van der Waals surface area contributed by atoms with Crippen molar-refractivity contribution < 1.29 is 9.47 Å². The Kier molecular flexibility index (Phi) is 3.42. The standard InChI is InChI=1S/C11H14N4O3/c1-14-11(16)15(13-12-14)9-5-4-6-10(18-3)8(9)7-17-2/h4-6H,7H2,1-3H3. The van der Waals surface area contributed by atoms with Gasteiger partial charge in [0, 0.05) is 19.7 Å². The van der Waals surface area contributed by atoms with Gasteiger partial charge in [0.15, 0.2) is 0 Å². The van der Waals surface area contributed by atoms with Crippen LogP contribution in [0.25, 0.3) is 5.69 Å². The maximum absolute atomic E-state index is 11.8. The van der Waals surface area contributed by atoms with E-state index in [4.69, 9.17) is 9.47 Å². The summed E-state index contributed by atoms with van der Waals surface area (Å²) in [5.74, 6) is 0.645. The van der Waals surface area contributed by atoms with Gasteiger partial charge in [-0.25, -0.2) is 4.79 Å². The monoisotopic (exact) mass is 250 g/mol. The molecule has 1 aromatic carbocycles. The van der Waals surface area contributed by atoms with Crippen LogP contribution in [0.1, 0.15) is 5.56 Å². The molecule has 0 aliphatic carbocycles. The van der Waals surface area contributed by atoms with Gasteiger partial charge in [0.25, 0.3) is 0 Å². The molecule has 2 aromatic rings. The van der Waals surface area contributed by atoms with Crippen LogP contribution in [0, 0.1) is 0 Å². The number of tetrazole rings is 1. The zero-order valence-electron chi connectivity index (χ0n) is 10.5. The van der Waals surface area contributed by atoms with Gasteiger partial charge in [-0.3, -0.25) is 0 Å². The Morgan fingerprint density at radius 3 is 2.61 bits per heavy atom. The Morgan fingerprint density at radius 1 is 1.28 bits per heavy atom. The molecule has 7 heteroatoms. The summed E-state index contributed by atoms with van der Waals surface area (Å²) in [6.07, 6.45) is 0. The minimum Gasteiger partial charge on any atom is -0.496 e. The van der Waals surface area contributed by atoms with Gasteiger partial charge in [0.1, 0.15) is 5.75 Å². The second kappa shape index (κ2) is 5.01. The van der Waals surface area contributed by atoms with E-state index in [0.717, 1.165) is 10.2 Å². The molecule has 0 N–H and O–H groups in total. The Bertz CT molecular complexity index is 603. The molecule has 0 unspecified atom stereocenters. The van der Waals surface area contributed by atoms with E-state index in [0.29, 0.717) is 18.0 Å². The molecule has 0 saturated carbocycles. The number of methoxy groups -OCH3 is 2. The molecule has 0 fully saturated rings. The van der Waals surface area contributed by atoms with Gasteiger partial charge in [-0.1, -0.05) is 6.07 Å². The molecular formula is C11H14N4O3. The van der Waals surface area contributed by atoms with E-state index in [1.165, 1.54) is 4.68 Å². The van der Waals surface area contributed by atoms with E-state index in [-0.39, 0.29) is 5.69 Å². The van der Waals surface area contributed by atoms with E-state index in [9.17, 15) is 4.79 Å². The lowest BCUT2D eigenvalue weighted by molar-refractivity contribution is 0.181. The first kappa shape index (κ1) is 12.3. The normalized spacial score (nSPS) is 10.6. The fraction of sp³-hybridized carbons (Fsp3) is 0.364. The first-order valence-corrected chi connectivity index (χ1v) is 5.33. The van der Waals surface area contributed by atoms with Crippen molar-refractivity contribution >= 4 is 0 Å². The van der Waals surface area contributed by atoms with Crippen LogP contribution < -0.4 is 10.4 Å². The molecular weight excluding hydrogens is 236 g/mol. The van der Waals surface area contributed by atoms with E-state index in [1.807, 2.05) is 0 Å². The molecule has 18 heavy (non-hydrogen) atoms. The molecule has 0 amide bonds. The van der Waals surface area contributed by atoms with Crippen LogP contribution in [0.15, 0.2) is 23.0 Å². The maximum Gasteiger partial charge on any atom is 0.368 e. The minimum atomic E-state index is -0.319. The third-order valence-electron chi connectivity index (χ3n) is 2.57. The molecule has 0 saturated heterocycles. The molecule has 0 spiro atoms. The number of rotatable bonds is 4. The molecule has 0 radical (unpaired) electrons. The number of benzene rings is 1. The lowest BCUT2D eigenvalue weighted by Gasteiger charge is -2.11. The van der Waals surface area contributed by atoms with Gasteiger partial charge in [0.05, 0.1) is 19.4 Å². The number of hydrogen-bond donors (Lipinski definition) is 0. The highest BCUT2D eigenvalue weighted by atomic mass is 16.5. The van der Waals surface area contributed by atoms with Crippen LogP contribution >= 0.6 is 0 Å². The SMILES string of the molecule is COCc1c(OC)cccc1-n1nnn(C)c1=O. The zero-order chi connectivity index (χ0) is 13.1. The van der Waals surface area contributed by atoms with Crippen molar-refractivity contribution in [3.05, 3.63) is 34.2 Å². The van der Waals surface area contributed by atoms with Crippen LogP contribution in [-0.4, -0.2) is 34.0 Å². The molecule has 0 bridgehead atoms. The van der Waals surface area contributed by atoms with E-state index in [1.54, 1.807) is 39.5 Å². The van der Waals surface area contributed by atoms with Gasteiger partial charge in [-0.05, 0) is 22.6 Å². The lowest BCUT2D eigenvalue weighted by Crippen LogP contribution is -2.23. The Labute approximate surface area is 104 Å². The summed E-state index contributed by atoms with van der Waals surface area (Å²) < 4.78 is 12.8. The van der Waals surface area contributed by atoms with Gasteiger partial charge in [0.2, 0.25) is 0 Å². The van der Waals surface area contributed by atoms with Crippen molar-refractivity contribution in [3.8, 4) is 11.4 Å². The van der Waals surface area contributed by atoms with Crippen LogP contribution in [0.5, 0.6) is 5.75 Å². The smallest absolute Gasteiger partial charge is 0.368 e. The van der Waals surface area contributed by atoms with Crippen LogP contribution in [-0.2, 0) is 18.4 Å². The van der Waals surface area contributed by atoms with Gasteiger partial charge in [-0.15, -0.1) is 0 Å². The number of hydrogen-bond acceptors (Lipinski definition) is 5. The highest BCUT2D eigenvalue weighted by Crippen LogP contribution is 2.24. The molecule has 7 nitrogen and oxygen atoms in total. The first-order valence-electron chi connectivity index (χ1n) is 5.33. The average Bonchev–Trinajstić information content (AvgIpc) is 2.71. The van der Waals surface area contributed by atoms with Crippen molar-refractivity contribution in [2.24, 2.45) is 7.05 Å². The predicted octanol–water partition coefficient (Wildman–Crippen LogP) is 0.121. The van der Waals surface area contributed by atoms with Crippen LogP contribution in [0.4, 0.5) is 0 Å². The van der Waals surface area contributed by atoms with Crippen molar-refractivity contribution in [3.63, 3.8) is 0 Å². The molecule has 1 heterocycles. The fourth-order valence-electron chi connectivity index (χ4n) is 1.70. The van der Waals surface area contributed by atoms with Gasteiger partial charge >= 0.3 is 5.69 Å². The fourth-order valence-corrected chi connectivity index (χ4v) is 1.70. The van der Waals surface area contributed by atoms with Crippen molar-refractivity contribution in [1.29, 1.82) is 0 Å². The third kappa shape index (κ3) is 2.00. The van der Waals surface area contributed by atoms with Gasteiger partial charge in [-0.2, -0.15) is 9.36 Å². The predicted molar refractivity (Wildman–Crippen MR) is 63.9 cm³/mol. The lowest BCUT2D eigenvalue weighted by atomic mass is 10.1. The summed E-state index contributed by atoms with van der Waals surface area (Å²) in [5.41, 5.74) is 1.04. The highest BCUT2D eigenvalue weighted by molar-refractivity contribution is 5.48. The number of aromatic nitrogens is 4. The first-order chi connectivity index (χ1) is 8.69. The number of aryl methyl sites for hydroxylation is 1. The zero-order valence-corrected chi connectivity index (χ0v) is 10.5. The summed E-state index contributed by atoms with van der Waals surface area (Å²) in [6, 6.07) is 5.36. The second-order valence-electron chi connectivity index (χ2n) is 3.69. The van der Waals surface area contributed by atoms with Crippen LogP contribution in [0.2, 0.25) is 0 Å². The molecule has 0 atom stereocenters. The molecule has 0 aliphatic rings. The van der Waals surface area contributed by atoms with Crippen molar-refractivity contribution in [1.82, 2.24) is 19.8 Å².